The molecule has 0 saturated heterocycles. The summed E-state index contributed by atoms with van der Waals surface area (Å²) in [5.74, 6) is 0. The van der Waals surface area contributed by atoms with E-state index in [-0.39, 0.29) is 5.69 Å². The van der Waals surface area contributed by atoms with Crippen molar-refractivity contribution in [2.24, 2.45) is 0 Å². The molecule has 4 nitrogen and oxygen atoms in total. The lowest BCUT2D eigenvalue weighted by molar-refractivity contribution is -0.385. The molecule has 13 heavy (non-hydrogen) atoms. The monoisotopic (exact) mass is 176 g/mol. The van der Waals surface area contributed by atoms with E-state index >= 15 is 0 Å². The Bertz CT molecular complexity index is 473. The average molecular weight is 176 g/mol. The van der Waals surface area contributed by atoms with Crippen molar-refractivity contribution < 1.29 is 4.92 Å². The van der Waals surface area contributed by atoms with E-state index in [2.05, 4.69) is 0 Å². The molecule has 0 spiro atoms. The first-order chi connectivity index (χ1) is 6.16. The van der Waals surface area contributed by atoms with Gasteiger partial charge in [0.1, 0.15) is 0 Å². The summed E-state index contributed by atoms with van der Waals surface area (Å²) in [5, 5.41) is 10.4. The first kappa shape index (κ1) is 7.79. The van der Waals surface area contributed by atoms with Gasteiger partial charge in [-0.25, -0.2) is 0 Å². The predicted octanol–water partition coefficient (Wildman–Crippen LogP) is 2.16. The minimum Gasteiger partial charge on any atom is -0.317 e. The van der Waals surface area contributed by atoms with Gasteiger partial charge in [0.15, 0.2) is 0 Å². The lowest BCUT2D eigenvalue weighted by Gasteiger charge is -1.93. The Labute approximate surface area is 74.6 Å². The highest BCUT2D eigenvalue weighted by atomic mass is 16.6. The fourth-order valence-electron chi connectivity index (χ4n) is 1.35. The molecule has 0 aliphatic rings. The van der Waals surface area contributed by atoms with Crippen molar-refractivity contribution in [1.82, 2.24) is 4.40 Å². The van der Waals surface area contributed by atoms with Crippen LogP contribution in [-0.2, 0) is 0 Å². The van der Waals surface area contributed by atoms with Crippen molar-refractivity contribution in [2.45, 2.75) is 6.92 Å². The van der Waals surface area contributed by atoms with Crippen molar-refractivity contribution in [1.29, 1.82) is 0 Å². The Kier molecular flexibility index (Phi) is 1.55. The third-order valence-corrected chi connectivity index (χ3v) is 1.92. The fourth-order valence-corrected chi connectivity index (χ4v) is 1.35. The lowest BCUT2D eigenvalue weighted by atomic mass is 10.3. The van der Waals surface area contributed by atoms with Gasteiger partial charge in [-0.15, -0.1) is 0 Å². The number of nitro groups is 1. The van der Waals surface area contributed by atoms with Crippen LogP contribution in [0.5, 0.6) is 0 Å². The van der Waals surface area contributed by atoms with Crippen LogP contribution in [0.25, 0.3) is 5.52 Å². The number of hydrogen-bond donors (Lipinski definition) is 0. The van der Waals surface area contributed by atoms with E-state index in [0.29, 0.717) is 0 Å². The van der Waals surface area contributed by atoms with Gasteiger partial charge >= 0.3 is 0 Å². The first-order valence-corrected chi connectivity index (χ1v) is 3.89. The van der Waals surface area contributed by atoms with Crippen LogP contribution in [0.15, 0.2) is 30.6 Å². The minimum atomic E-state index is -0.394. The van der Waals surface area contributed by atoms with Crippen LogP contribution in [0.1, 0.15) is 5.56 Å². The van der Waals surface area contributed by atoms with E-state index in [9.17, 15) is 10.1 Å². The summed E-state index contributed by atoms with van der Waals surface area (Å²) in [6.07, 6.45) is 3.38. The zero-order chi connectivity index (χ0) is 9.42. The second-order valence-electron chi connectivity index (χ2n) is 2.99. The van der Waals surface area contributed by atoms with Gasteiger partial charge in [0.25, 0.3) is 5.69 Å². The molecule has 2 rings (SSSR count). The second-order valence-corrected chi connectivity index (χ2v) is 2.99. The highest BCUT2D eigenvalue weighted by Crippen LogP contribution is 2.15. The lowest BCUT2D eigenvalue weighted by Crippen LogP contribution is -1.90. The molecule has 0 saturated carbocycles. The summed E-state index contributed by atoms with van der Waals surface area (Å²) in [7, 11) is 0. The minimum absolute atomic E-state index is 0.114. The first-order valence-electron chi connectivity index (χ1n) is 3.89. The molecule has 66 valence electrons. The Morgan fingerprint density at radius 1 is 1.38 bits per heavy atom. The van der Waals surface area contributed by atoms with Crippen molar-refractivity contribution >= 4 is 11.2 Å². The summed E-state index contributed by atoms with van der Waals surface area (Å²) in [5.41, 5.74) is 2.19. The standard InChI is InChI=1S/C9H8N2O2/c1-7-4-8-2-3-9(11(12)13)6-10(8)5-7/h2-6H,1H3. The molecule has 0 aromatic carbocycles. The summed E-state index contributed by atoms with van der Waals surface area (Å²) in [6.45, 7) is 1.96. The van der Waals surface area contributed by atoms with Gasteiger partial charge < -0.3 is 4.40 Å². The van der Waals surface area contributed by atoms with Gasteiger partial charge in [0, 0.05) is 17.8 Å². The van der Waals surface area contributed by atoms with Crippen molar-refractivity contribution in [3.05, 3.63) is 46.3 Å². The van der Waals surface area contributed by atoms with Crippen LogP contribution in [-0.4, -0.2) is 9.32 Å². The number of aromatic nitrogens is 1. The molecule has 0 amide bonds. The maximum absolute atomic E-state index is 10.4. The molecule has 2 heterocycles. The maximum Gasteiger partial charge on any atom is 0.285 e. The maximum atomic E-state index is 10.4. The number of aryl methyl sites for hydroxylation is 1. The van der Waals surface area contributed by atoms with Crippen molar-refractivity contribution in [3.8, 4) is 0 Å². The molecule has 0 aliphatic carbocycles. The van der Waals surface area contributed by atoms with Crippen LogP contribution >= 0.6 is 0 Å². The van der Waals surface area contributed by atoms with Crippen LogP contribution in [0.3, 0.4) is 0 Å². The largest absolute Gasteiger partial charge is 0.317 e. The zero-order valence-electron chi connectivity index (χ0n) is 7.10. The van der Waals surface area contributed by atoms with Gasteiger partial charge in [0.05, 0.1) is 11.1 Å². The van der Waals surface area contributed by atoms with Crippen molar-refractivity contribution in [2.75, 3.05) is 0 Å². The molecule has 4 heteroatoms. The predicted molar refractivity (Wildman–Crippen MR) is 48.8 cm³/mol. The Morgan fingerprint density at radius 2 is 2.15 bits per heavy atom. The van der Waals surface area contributed by atoms with Crippen molar-refractivity contribution in [3.63, 3.8) is 0 Å². The Hall–Kier alpha value is -1.84. The average Bonchev–Trinajstić information content (AvgIpc) is 2.42. The van der Waals surface area contributed by atoms with E-state index in [1.54, 1.807) is 10.5 Å². The molecule has 2 aromatic rings. The fraction of sp³-hybridized carbons (Fsp3) is 0.111. The topological polar surface area (TPSA) is 47.5 Å². The van der Waals surface area contributed by atoms with Crippen LogP contribution in [0.4, 0.5) is 5.69 Å². The van der Waals surface area contributed by atoms with E-state index in [0.717, 1.165) is 11.1 Å². The number of nitrogens with zero attached hydrogens (tertiary/aromatic N) is 2. The SMILES string of the molecule is Cc1cc2ccc([N+](=O)[O-])cn2c1. The number of fused-ring (bicyclic) bond motifs is 1. The third kappa shape index (κ3) is 1.26. The summed E-state index contributed by atoms with van der Waals surface area (Å²) >= 11 is 0. The van der Waals surface area contributed by atoms with Gasteiger partial charge in [0.2, 0.25) is 0 Å². The van der Waals surface area contributed by atoms with Crippen LogP contribution < -0.4 is 0 Å². The van der Waals surface area contributed by atoms with Gasteiger partial charge in [-0.1, -0.05) is 0 Å². The zero-order valence-corrected chi connectivity index (χ0v) is 7.10. The molecule has 0 radical (unpaired) electrons. The van der Waals surface area contributed by atoms with Gasteiger partial charge in [-0.2, -0.15) is 0 Å². The molecule has 0 N–H and O–H groups in total. The highest BCUT2D eigenvalue weighted by Gasteiger charge is 2.05. The van der Waals surface area contributed by atoms with E-state index in [1.165, 1.54) is 12.3 Å². The molecule has 0 unspecified atom stereocenters. The molecule has 2 aromatic heterocycles. The van der Waals surface area contributed by atoms with E-state index in [1.807, 2.05) is 19.2 Å². The summed E-state index contributed by atoms with van der Waals surface area (Å²) < 4.78 is 1.76. The third-order valence-electron chi connectivity index (χ3n) is 1.92. The van der Waals surface area contributed by atoms with E-state index < -0.39 is 4.92 Å². The number of rotatable bonds is 1. The molecular formula is C9H8N2O2. The molecule has 0 atom stereocenters. The molecule has 0 aliphatic heterocycles. The highest BCUT2D eigenvalue weighted by molar-refractivity contribution is 5.53. The van der Waals surface area contributed by atoms with Gasteiger partial charge in [-0.05, 0) is 24.6 Å². The number of pyridine rings is 1. The smallest absolute Gasteiger partial charge is 0.285 e. The van der Waals surface area contributed by atoms with Crippen LogP contribution in [0.2, 0.25) is 0 Å². The Morgan fingerprint density at radius 3 is 2.85 bits per heavy atom. The Balaban J connectivity index is 2.67. The summed E-state index contributed by atoms with van der Waals surface area (Å²) in [6, 6.07) is 5.23. The molecular weight excluding hydrogens is 168 g/mol. The molecule has 0 bridgehead atoms. The van der Waals surface area contributed by atoms with Crippen LogP contribution in [0, 0.1) is 17.0 Å². The summed E-state index contributed by atoms with van der Waals surface area (Å²) in [4.78, 5) is 10.0. The van der Waals surface area contributed by atoms with E-state index in [4.69, 9.17) is 0 Å². The normalized spacial score (nSPS) is 10.5. The molecule has 0 fully saturated rings. The second kappa shape index (κ2) is 2.58. The van der Waals surface area contributed by atoms with Gasteiger partial charge in [-0.3, -0.25) is 10.1 Å². The quantitative estimate of drug-likeness (QED) is 0.493. The number of hydrogen-bond acceptors (Lipinski definition) is 2.